The highest BCUT2D eigenvalue weighted by atomic mass is 16.5. The molecule has 3 rings (SSSR count). The summed E-state index contributed by atoms with van der Waals surface area (Å²) in [5, 5.41) is 9.46. The minimum atomic E-state index is -0.345. The van der Waals surface area contributed by atoms with Crippen LogP contribution in [0.15, 0.2) is 27.1 Å². The first kappa shape index (κ1) is 16.0. The summed E-state index contributed by atoms with van der Waals surface area (Å²) >= 11 is 0. The van der Waals surface area contributed by atoms with Crippen LogP contribution in [0, 0.1) is 6.92 Å². The van der Waals surface area contributed by atoms with Gasteiger partial charge in [-0.15, -0.1) is 0 Å². The lowest BCUT2D eigenvalue weighted by Crippen LogP contribution is -2.32. The van der Waals surface area contributed by atoms with Crippen LogP contribution in [0.2, 0.25) is 0 Å². The number of urea groups is 1. The second kappa shape index (κ2) is 6.69. The fourth-order valence-corrected chi connectivity index (χ4v) is 2.34. The number of fused-ring (bicyclic) bond motifs is 1. The summed E-state index contributed by atoms with van der Waals surface area (Å²) in [6.45, 7) is 5.62. The lowest BCUT2D eigenvalue weighted by atomic mass is 10.2. The van der Waals surface area contributed by atoms with Gasteiger partial charge in [0, 0.05) is 19.0 Å². The predicted molar refractivity (Wildman–Crippen MR) is 87.6 cm³/mol. The number of benzene rings is 1. The van der Waals surface area contributed by atoms with E-state index in [9.17, 15) is 4.79 Å². The zero-order chi connectivity index (χ0) is 17.1. The van der Waals surface area contributed by atoms with Crippen molar-refractivity contribution in [2.45, 2.75) is 39.7 Å². The minimum Gasteiger partial charge on any atom is -0.441 e. The maximum absolute atomic E-state index is 12.2. The Hall–Kier alpha value is -2.90. The predicted octanol–water partition coefficient (Wildman–Crippen LogP) is 3.35. The number of nitrogens with zero attached hydrogens (tertiary/aromatic N) is 3. The highest BCUT2D eigenvalue weighted by Gasteiger charge is 2.18. The molecule has 8 nitrogen and oxygen atoms in total. The normalized spacial score (nSPS) is 12.3. The van der Waals surface area contributed by atoms with Gasteiger partial charge in [-0.25, -0.2) is 9.78 Å². The third-order valence-electron chi connectivity index (χ3n) is 3.56. The molecule has 8 heteroatoms. The molecule has 0 aliphatic carbocycles. The van der Waals surface area contributed by atoms with Crippen LogP contribution in [0.1, 0.15) is 43.9 Å². The first-order valence-corrected chi connectivity index (χ1v) is 7.86. The van der Waals surface area contributed by atoms with Gasteiger partial charge >= 0.3 is 6.03 Å². The van der Waals surface area contributed by atoms with E-state index in [4.69, 9.17) is 8.94 Å². The van der Waals surface area contributed by atoms with Crippen molar-refractivity contribution < 1.29 is 13.7 Å². The minimum absolute atomic E-state index is 0.315. The van der Waals surface area contributed by atoms with Crippen molar-refractivity contribution in [1.82, 2.24) is 20.4 Å². The number of hydrogen-bond donors (Lipinski definition) is 2. The number of aryl methyl sites for hydroxylation is 2. The highest BCUT2D eigenvalue weighted by molar-refractivity contribution is 5.91. The number of aromatic nitrogens is 3. The molecular weight excluding hydrogens is 310 g/mol. The van der Waals surface area contributed by atoms with E-state index in [0.717, 1.165) is 6.42 Å². The molecule has 2 N–H and O–H groups in total. The molecule has 0 radical (unpaired) electrons. The monoisotopic (exact) mass is 329 g/mol. The average Bonchev–Trinajstić information content (AvgIpc) is 3.17. The maximum Gasteiger partial charge on any atom is 0.319 e. The molecular formula is C16H19N5O3. The Morgan fingerprint density at radius 1 is 1.29 bits per heavy atom. The Balaban J connectivity index is 1.69. The molecule has 0 bridgehead atoms. The van der Waals surface area contributed by atoms with Gasteiger partial charge in [0.25, 0.3) is 0 Å². The fourth-order valence-electron chi connectivity index (χ4n) is 2.34. The molecule has 1 aromatic carbocycles. The summed E-state index contributed by atoms with van der Waals surface area (Å²) < 4.78 is 10.5. The number of nitrogens with one attached hydrogen (secondary N) is 2. The van der Waals surface area contributed by atoms with Crippen molar-refractivity contribution >= 4 is 22.8 Å². The molecule has 2 heterocycles. The van der Waals surface area contributed by atoms with E-state index in [1.807, 2.05) is 13.8 Å². The number of hydrogen-bond acceptors (Lipinski definition) is 6. The van der Waals surface area contributed by atoms with Gasteiger partial charge in [0.15, 0.2) is 17.3 Å². The zero-order valence-electron chi connectivity index (χ0n) is 13.8. The van der Waals surface area contributed by atoms with Crippen molar-refractivity contribution in [3.63, 3.8) is 0 Å². The van der Waals surface area contributed by atoms with Crippen LogP contribution in [0.3, 0.4) is 0 Å². The molecule has 0 spiro atoms. The third-order valence-corrected chi connectivity index (χ3v) is 3.56. The topological polar surface area (TPSA) is 106 Å². The molecule has 2 aromatic heterocycles. The molecule has 0 saturated heterocycles. The first-order chi connectivity index (χ1) is 11.6. The lowest BCUT2D eigenvalue weighted by Gasteiger charge is -2.14. The van der Waals surface area contributed by atoms with Gasteiger partial charge in [-0.1, -0.05) is 19.0 Å². The van der Waals surface area contributed by atoms with Crippen LogP contribution in [0.4, 0.5) is 10.5 Å². The lowest BCUT2D eigenvalue weighted by molar-refractivity contribution is 0.247. The van der Waals surface area contributed by atoms with E-state index >= 15 is 0 Å². The van der Waals surface area contributed by atoms with Crippen molar-refractivity contribution in [2.75, 3.05) is 5.32 Å². The van der Waals surface area contributed by atoms with E-state index in [1.165, 1.54) is 0 Å². The highest BCUT2D eigenvalue weighted by Crippen LogP contribution is 2.20. The fraction of sp³-hybridized carbons (Fsp3) is 0.375. The second-order valence-corrected chi connectivity index (χ2v) is 5.37. The van der Waals surface area contributed by atoms with Gasteiger partial charge in [0.1, 0.15) is 5.52 Å². The molecule has 3 aromatic rings. The zero-order valence-corrected chi connectivity index (χ0v) is 13.8. The summed E-state index contributed by atoms with van der Waals surface area (Å²) in [4.78, 5) is 20.7. The number of carbonyl (C=O) groups excluding carboxylic acids is 1. The average molecular weight is 329 g/mol. The Kier molecular flexibility index (Phi) is 4.45. The number of rotatable bonds is 5. The Morgan fingerprint density at radius 3 is 2.79 bits per heavy atom. The number of oxazole rings is 1. The molecule has 126 valence electrons. The molecule has 24 heavy (non-hydrogen) atoms. The Morgan fingerprint density at radius 2 is 2.12 bits per heavy atom. The SMILES string of the molecule is CCc1nc2cc(NC(=O)NC(CC)c3noc(C)n3)ccc2o1. The summed E-state index contributed by atoms with van der Waals surface area (Å²) in [5.41, 5.74) is 2.05. The van der Waals surface area contributed by atoms with Crippen molar-refractivity contribution in [3.8, 4) is 0 Å². The number of anilines is 1. The smallest absolute Gasteiger partial charge is 0.319 e. The Bertz CT molecular complexity index is 854. The quantitative estimate of drug-likeness (QED) is 0.743. The van der Waals surface area contributed by atoms with Gasteiger partial charge in [-0.2, -0.15) is 4.98 Å². The third kappa shape index (κ3) is 3.37. The van der Waals surface area contributed by atoms with E-state index in [-0.39, 0.29) is 12.1 Å². The van der Waals surface area contributed by atoms with E-state index < -0.39 is 0 Å². The van der Waals surface area contributed by atoms with Crippen LogP contribution in [-0.4, -0.2) is 21.2 Å². The summed E-state index contributed by atoms with van der Waals surface area (Å²) in [6, 6.07) is 4.67. The molecule has 0 aliphatic heterocycles. The van der Waals surface area contributed by atoms with Gasteiger partial charge in [-0.05, 0) is 24.6 Å². The largest absolute Gasteiger partial charge is 0.441 e. The van der Waals surface area contributed by atoms with E-state index in [0.29, 0.717) is 40.8 Å². The van der Waals surface area contributed by atoms with Crippen molar-refractivity contribution in [3.05, 3.63) is 35.8 Å². The van der Waals surface area contributed by atoms with Crippen LogP contribution in [0.25, 0.3) is 11.1 Å². The van der Waals surface area contributed by atoms with E-state index in [1.54, 1.807) is 25.1 Å². The van der Waals surface area contributed by atoms with Crippen LogP contribution < -0.4 is 10.6 Å². The maximum atomic E-state index is 12.2. The molecule has 0 aliphatic rings. The summed E-state index contributed by atoms with van der Waals surface area (Å²) in [7, 11) is 0. The van der Waals surface area contributed by atoms with Crippen molar-refractivity contribution in [1.29, 1.82) is 0 Å². The molecule has 1 atom stereocenters. The van der Waals surface area contributed by atoms with Gasteiger partial charge < -0.3 is 19.6 Å². The number of carbonyl (C=O) groups is 1. The molecule has 0 fully saturated rings. The first-order valence-electron chi connectivity index (χ1n) is 7.86. The Labute approximate surface area is 138 Å². The van der Waals surface area contributed by atoms with Gasteiger partial charge in [-0.3, -0.25) is 0 Å². The van der Waals surface area contributed by atoms with Crippen LogP contribution in [-0.2, 0) is 6.42 Å². The van der Waals surface area contributed by atoms with Crippen LogP contribution in [0.5, 0.6) is 0 Å². The van der Waals surface area contributed by atoms with E-state index in [2.05, 4.69) is 25.8 Å². The van der Waals surface area contributed by atoms with Gasteiger partial charge in [0.05, 0.1) is 6.04 Å². The molecule has 1 unspecified atom stereocenters. The van der Waals surface area contributed by atoms with Crippen molar-refractivity contribution in [2.24, 2.45) is 0 Å². The summed E-state index contributed by atoms with van der Waals surface area (Å²) in [5.74, 6) is 1.60. The number of amides is 2. The van der Waals surface area contributed by atoms with Gasteiger partial charge in [0.2, 0.25) is 5.89 Å². The summed E-state index contributed by atoms with van der Waals surface area (Å²) in [6.07, 6.45) is 1.37. The van der Waals surface area contributed by atoms with Crippen LogP contribution >= 0.6 is 0 Å². The standard InChI is InChI=1S/C16H19N5O3/c1-4-11(15-17-9(3)24-21-15)20-16(22)18-10-6-7-13-12(8-10)19-14(5-2)23-13/h6-8,11H,4-5H2,1-3H3,(H2,18,20,22). The molecule has 0 saturated carbocycles. The molecule has 2 amide bonds. The second-order valence-electron chi connectivity index (χ2n) is 5.37.